The van der Waals surface area contributed by atoms with Crippen molar-refractivity contribution in [3.05, 3.63) is 30.3 Å². The van der Waals surface area contributed by atoms with E-state index in [0.717, 1.165) is 0 Å². The van der Waals surface area contributed by atoms with Gasteiger partial charge in [-0.1, -0.05) is 18.2 Å². The summed E-state index contributed by atoms with van der Waals surface area (Å²) in [5, 5.41) is 0. The summed E-state index contributed by atoms with van der Waals surface area (Å²) >= 11 is 0. The van der Waals surface area contributed by atoms with Crippen molar-refractivity contribution in [2.75, 3.05) is 13.1 Å². The lowest BCUT2D eigenvalue weighted by molar-refractivity contribution is -0.142. The van der Waals surface area contributed by atoms with E-state index in [-0.39, 0.29) is 11.9 Å². The topological polar surface area (TPSA) is 55.6 Å². The maximum absolute atomic E-state index is 11.8. The molecule has 1 fully saturated rings. The van der Waals surface area contributed by atoms with Crippen LogP contribution in [0.25, 0.3) is 0 Å². The van der Waals surface area contributed by atoms with Gasteiger partial charge < -0.3 is 15.4 Å². The molecule has 1 amide bonds. The molecule has 16 heavy (non-hydrogen) atoms. The van der Waals surface area contributed by atoms with Gasteiger partial charge in [0.1, 0.15) is 5.75 Å². The summed E-state index contributed by atoms with van der Waals surface area (Å²) in [5.74, 6) is 0.721. The van der Waals surface area contributed by atoms with Crippen LogP contribution >= 0.6 is 0 Å². The number of rotatable bonds is 3. The van der Waals surface area contributed by atoms with Gasteiger partial charge in [-0.2, -0.15) is 0 Å². The molecule has 1 heterocycles. The third-order valence-corrected chi connectivity index (χ3v) is 2.63. The number of ether oxygens (including phenoxy) is 1. The summed E-state index contributed by atoms with van der Waals surface area (Å²) in [7, 11) is 0. The van der Waals surface area contributed by atoms with Crippen molar-refractivity contribution in [2.24, 2.45) is 5.73 Å². The van der Waals surface area contributed by atoms with Crippen molar-refractivity contribution < 1.29 is 9.53 Å². The smallest absolute Gasteiger partial charge is 0.263 e. The Kier molecular flexibility index (Phi) is 3.10. The maximum Gasteiger partial charge on any atom is 0.263 e. The van der Waals surface area contributed by atoms with Gasteiger partial charge in [-0.05, 0) is 19.1 Å². The highest BCUT2D eigenvalue weighted by atomic mass is 16.5. The molecule has 0 spiro atoms. The van der Waals surface area contributed by atoms with Gasteiger partial charge in [-0.25, -0.2) is 0 Å². The van der Waals surface area contributed by atoms with Crippen LogP contribution in [0, 0.1) is 0 Å². The fraction of sp³-hybridized carbons (Fsp3) is 0.417. The second-order valence-electron chi connectivity index (χ2n) is 4.08. The molecule has 4 nitrogen and oxygen atoms in total. The molecule has 0 aromatic heterocycles. The van der Waals surface area contributed by atoms with Crippen LogP contribution in [0.4, 0.5) is 0 Å². The predicted octanol–water partition coefficient (Wildman–Crippen LogP) is 0.623. The Hall–Kier alpha value is -1.55. The van der Waals surface area contributed by atoms with Gasteiger partial charge in [0, 0.05) is 19.1 Å². The van der Waals surface area contributed by atoms with Gasteiger partial charge in [-0.15, -0.1) is 0 Å². The fourth-order valence-corrected chi connectivity index (χ4v) is 1.70. The van der Waals surface area contributed by atoms with Gasteiger partial charge in [0.25, 0.3) is 5.91 Å². The number of carbonyl (C=O) groups excluding carboxylic acids is 1. The minimum absolute atomic E-state index is 0.00514. The molecule has 1 aliphatic heterocycles. The molecule has 1 aromatic carbocycles. The van der Waals surface area contributed by atoms with E-state index in [0.29, 0.717) is 18.8 Å². The van der Waals surface area contributed by atoms with Gasteiger partial charge in [0.05, 0.1) is 0 Å². The Bertz CT molecular complexity index is 361. The first-order valence-electron chi connectivity index (χ1n) is 5.43. The second kappa shape index (κ2) is 4.53. The highest BCUT2D eigenvalue weighted by Gasteiger charge is 2.31. The molecule has 2 rings (SSSR count). The minimum Gasteiger partial charge on any atom is -0.481 e. The van der Waals surface area contributed by atoms with Crippen LogP contribution in [0.2, 0.25) is 0 Å². The number of hydrogen-bond donors (Lipinski definition) is 1. The fourth-order valence-electron chi connectivity index (χ4n) is 1.70. The van der Waals surface area contributed by atoms with Crippen molar-refractivity contribution in [1.82, 2.24) is 4.90 Å². The lowest BCUT2D eigenvalue weighted by atomic mass is 10.1. The van der Waals surface area contributed by atoms with Gasteiger partial charge in [0.2, 0.25) is 0 Å². The Labute approximate surface area is 95.0 Å². The van der Waals surface area contributed by atoms with E-state index in [1.54, 1.807) is 11.8 Å². The van der Waals surface area contributed by atoms with E-state index in [1.807, 2.05) is 30.3 Å². The van der Waals surface area contributed by atoms with Crippen LogP contribution < -0.4 is 10.5 Å². The first-order chi connectivity index (χ1) is 7.66. The molecule has 0 aliphatic carbocycles. The number of nitrogens with two attached hydrogens (primary N) is 1. The number of likely N-dealkylation sites (tertiary alicyclic amines) is 1. The molecular formula is C12H16N2O2. The Morgan fingerprint density at radius 1 is 1.44 bits per heavy atom. The molecule has 1 atom stereocenters. The van der Waals surface area contributed by atoms with E-state index in [4.69, 9.17) is 10.5 Å². The predicted molar refractivity (Wildman–Crippen MR) is 61.1 cm³/mol. The lowest BCUT2D eigenvalue weighted by Gasteiger charge is -2.38. The summed E-state index contributed by atoms with van der Waals surface area (Å²) in [5.41, 5.74) is 5.62. The van der Waals surface area contributed by atoms with E-state index >= 15 is 0 Å². The first kappa shape index (κ1) is 11.0. The monoisotopic (exact) mass is 220 g/mol. The molecule has 2 N–H and O–H groups in total. The minimum atomic E-state index is -0.449. The molecule has 1 unspecified atom stereocenters. The summed E-state index contributed by atoms with van der Waals surface area (Å²) in [4.78, 5) is 13.5. The number of benzene rings is 1. The van der Waals surface area contributed by atoms with Crippen LogP contribution in [0.15, 0.2) is 30.3 Å². The van der Waals surface area contributed by atoms with E-state index in [1.165, 1.54) is 0 Å². The quantitative estimate of drug-likeness (QED) is 0.812. The zero-order valence-corrected chi connectivity index (χ0v) is 9.30. The van der Waals surface area contributed by atoms with Crippen LogP contribution in [0.1, 0.15) is 6.92 Å². The Morgan fingerprint density at radius 2 is 2.06 bits per heavy atom. The lowest BCUT2D eigenvalue weighted by Crippen LogP contribution is -2.60. The summed E-state index contributed by atoms with van der Waals surface area (Å²) in [6.45, 7) is 3.04. The third kappa shape index (κ3) is 2.33. The highest BCUT2D eigenvalue weighted by Crippen LogP contribution is 2.14. The molecule has 0 radical (unpaired) electrons. The average Bonchev–Trinajstić information content (AvgIpc) is 2.25. The molecule has 4 heteroatoms. The van der Waals surface area contributed by atoms with Crippen molar-refractivity contribution >= 4 is 5.91 Å². The van der Waals surface area contributed by atoms with Crippen molar-refractivity contribution in [3.63, 3.8) is 0 Å². The molecular weight excluding hydrogens is 204 g/mol. The summed E-state index contributed by atoms with van der Waals surface area (Å²) in [6, 6.07) is 9.48. The summed E-state index contributed by atoms with van der Waals surface area (Å²) in [6.07, 6.45) is -0.449. The molecule has 0 saturated carbocycles. The van der Waals surface area contributed by atoms with Gasteiger partial charge in [-0.3, -0.25) is 4.79 Å². The molecule has 86 valence electrons. The normalized spacial score (nSPS) is 17.8. The molecule has 1 aliphatic rings. The maximum atomic E-state index is 11.8. The van der Waals surface area contributed by atoms with E-state index < -0.39 is 6.10 Å². The van der Waals surface area contributed by atoms with Gasteiger partial charge >= 0.3 is 0 Å². The Balaban J connectivity index is 1.88. The van der Waals surface area contributed by atoms with Gasteiger partial charge in [0.15, 0.2) is 6.10 Å². The first-order valence-corrected chi connectivity index (χ1v) is 5.43. The van der Waals surface area contributed by atoms with Crippen LogP contribution in [-0.4, -0.2) is 36.0 Å². The average molecular weight is 220 g/mol. The van der Waals surface area contributed by atoms with Crippen molar-refractivity contribution in [3.8, 4) is 5.75 Å². The second-order valence-corrected chi connectivity index (χ2v) is 4.08. The number of amides is 1. The Morgan fingerprint density at radius 3 is 2.62 bits per heavy atom. The number of nitrogens with zero attached hydrogens (tertiary/aromatic N) is 1. The number of hydrogen-bond acceptors (Lipinski definition) is 3. The SMILES string of the molecule is CC(Oc1ccccc1)C(=O)N1CC(N)C1. The summed E-state index contributed by atoms with van der Waals surface area (Å²) < 4.78 is 5.54. The molecule has 0 bridgehead atoms. The van der Waals surface area contributed by atoms with Crippen LogP contribution in [-0.2, 0) is 4.79 Å². The zero-order valence-electron chi connectivity index (χ0n) is 9.30. The number of para-hydroxylation sites is 1. The zero-order chi connectivity index (χ0) is 11.5. The third-order valence-electron chi connectivity index (χ3n) is 2.63. The van der Waals surface area contributed by atoms with E-state index in [9.17, 15) is 4.79 Å². The number of carbonyl (C=O) groups is 1. The largest absolute Gasteiger partial charge is 0.481 e. The van der Waals surface area contributed by atoms with Crippen molar-refractivity contribution in [1.29, 1.82) is 0 Å². The van der Waals surface area contributed by atoms with Crippen LogP contribution in [0.3, 0.4) is 0 Å². The molecule has 1 saturated heterocycles. The standard InChI is InChI=1S/C12H16N2O2/c1-9(12(15)14-7-10(13)8-14)16-11-5-3-2-4-6-11/h2-6,9-10H,7-8,13H2,1H3. The highest BCUT2D eigenvalue weighted by molar-refractivity contribution is 5.81. The van der Waals surface area contributed by atoms with Crippen molar-refractivity contribution in [2.45, 2.75) is 19.1 Å². The molecule has 1 aromatic rings. The van der Waals surface area contributed by atoms with Crippen LogP contribution in [0.5, 0.6) is 5.75 Å². The van der Waals surface area contributed by atoms with E-state index in [2.05, 4.69) is 0 Å².